The first kappa shape index (κ1) is 23.1. The van der Waals surface area contributed by atoms with Crippen LogP contribution in [0, 0.1) is 10.1 Å². The van der Waals surface area contributed by atoms with Crippen LogP contribution in [0.15, 0.2) is 101 Å². The highest BCUT2D eigenvalue weighted by Crippen LogP contribution is 2.27. The Balaban J connectivity index is 1.55. The van der Waals surface area contributed by atoms with Gasteiger partial charge in [0.1, 0.15) is 5.69 Å². The highest BCUT2D eigenvalue weighted by molar-refractivity contribution is 7.15. The summed E-state index contributed by atoms with van der Waals surface area (Å²) in [5.41, 5.74) is 1.91. The Labute approximate surface area is 217 Å². The van der Waals surface area contributed by atoms with Crippen molar-refractivity contribution in [2.75, 3.05) is 0 Å². The average Bonchev–Trinajstić information content (AvgIpc) is 3.50. The molecule has 6 aromatic rings. The Morgan fingerprint density at radius 3 is 2.29 bits per heavy atom. The number of thiazole rings is 1. The van der Waals surface area contributed by atoms with Gasteiger partial charge in [-0.1, -0.05) is 72.0 Å². The van der Waals surface area contributed by atoms with E-state index in [0.29, 0.717) is 22.4 Å². The predicted molar refractivity (Wildman–Crippen MR) is 143 cm³/mol. The Morgan fingerprint density at radius 1 is 0.842 bits per heavy atom. The summed E-state index contributed by atoms with van der Waals surface area (Å²) >= 11 is 1.03. The van der Waals surface area contributed by atoms with E-state index in [-0.39, 0.29) is 20.9 Å². The van der Waals surface area contributed by atoms with Gasteiger partial charge >= 0.3 is 5.56 Å². The van der Waals surface area contributed by atoms with Crippen LogP contribution in [-0.2, 0) is 0 Å². The van der Waals surface area contributed by atoms with Crippen LogP contribution >= 0.6 is 11.3 Å². The van der Waals surface area contributed by atoms with E-state index >= 15 is 0 Å². The van der Waals surface area contributed by atoms with Gasteiger partial charge in [-0.3, -0.25) is 19.7 Å². The number of nitro benzene ring substituents is 1. The summed E-state index contributed by atoms with van der Waals surface area (Å²) < 4.78 is 3.05. The largest absolute Gasteiger partial charge is 0.300 e. The molecule has 0 radical (unpaired) electrons. The molecule has 0 saturated carbocycles. The fourth-order valence-electron chi connectivity index (χ4n) is 4.02. The van der Waals surface area contributed by atoms with Crippen molar-refractivity contribution in [2.45, 2.75) is 0 Å². The molecule has 0 unspecified atom stereocenters. The number of nitrogens with zero attached hydrogens (tertiary/aromatic N) is 6. The van der Waals surface area contributed by atoms with Gasteiger partial charge in [0.05, 0.1) is 15.1 Å². The maximum atomic E-state index is 13.3. The van der Waals surface area contributed by atoms with Crippen LogP contribution in [0.4, 0.5) is 5.69 Å². The molecule has 6 rings (SSSR count). The number of para-hydroxylation sites is 1. The standard InChI is InChI=1S/C27H16N6O4S/c34-25-24(17-8-3-1-4-9-17)30-32-26(35)22(38-27(32)28-25)15-19-16-31(20-11-5-2-6-12-20)29-23(19)18-10-7-13-21(14-18)33(36)37/h1-16H/b22-15-. The number of fused-ring (bicyclic) bond motifs is 1. The Bertz CT molecular complexity index is 2000. The molecular formula is C27H16N6O4S. The molecule has 0 amide bonds. The number of aromatic nitrogens is 5. The molecule has 0 spiro atoms. The van der Waals surface area contributed by atoms with Gasteiger partial charge in [-0.05, 0) is 18.2 Å². The first-order valence-electron chi connectivity index (χ1n) is 11.4. The van der Waals surface area contributed by atoms with Crippen molar-refractivity contribution in [1.29, 1.82) is 0 Å². The summed E-state index contributed by atoms with van der Waals surface area (Å²) in [6.45, 7) is 0. The van der Waals surface area contributed by atoms with Gasteiger partial charge in [0.25, 0.3) is 11.2 Å². The minimum atomic E-state index is -0.529. The third-order valence-corrected chi connectivity index (χ3v) is 6.77. The second-order valence-corrected chi connectivity index (χ2v) is 9.27. The quantitative estimate of drug-likeness (QED) is 0.252. The van der Waals surface area contributed by atoms with Crippen molar-refractivity contribution in [2.24, 2.45) is 0 Å². The highest BCUT2D eigenvalue weighted by atomic mass is 32.1. The van der Waals surface area contributed by atoms with Gasteiger partial charge in [-0.25, -0.2) is 4.68 Å². The molecule has 0 saturated heterocycles. The predicted octanol–water partition coefficient (Wildman–Crippen LogP) is 3.49. The fraction of sp³-hybridized carbons (Fsp3) is 0. The molecule has 3 aromatic carbocycles. The van der Waals surface area contributed by atoms with Gasteiger partial charge in [-0.2, -0.15) is 19.7 Å². The van der Waals surface area contributed by atoms with E-state index in [0.717, 1.165) is 21.5 Å². The van der Waals surface area contributed by atoms with Crippen molar-refractivity contribution >= 4 is 28.1 Å². The lowest BCUT2D eigenvalue weighted by Gasteiger charge is -2.00. The summed E-state index contributed by atoms with van der Waals surface area (Å²) in [5.74, 6) is 0. The van der Waals surface area contributed by atoms with E-state index in [1.54, 1.807) is 53.4 Å². The van der Waals surface area contributed by atoms with Crippen LogP contribution in [0.2, 0.25) is 0 Å². The van der Waals surface area contributed by atoms with E-state index in [1.807, 2.05) is 36.4 Å². The Kier molecular flexibility index (Phi) is 5.66. The molecule has 0 aliphatic rings. The van der Waals surface area contributed by atoms with E-state index in [2.05, 4.69) is 15.2 Å². The number of non-ortho nitro benzene ring substituents is 1. The Hall–Kier alpha value is -5.29. The minimum absolute atomic E-state index is 0.0746. The zero-order valence-corrected chi connectivity index (χ0v) is 20.3. The molecule has 3 heterocycles. The highest BCUT2D eigenvalue weighted by Gasteiger charge is 2.16. The first-order chi connectivity index (χ1) is 18.5. The monoisotopic (exact) mass is 520 g/mol. The lowest BCUT2D eigenvalue weighted by Crippen LogP contribution is -2.26. The van der Waals surface area contributed by atoms with Crippen LogP contribution in [0.1, 0.15) is 5.56 Å². The number of hydrogen-bond acceptors (Lipinski definition) is 8. The lowest BCUT2D eigenvalue weighted by molar-refractivity contribution is -0.384. The second-order valence-electron chi connectivity index (χ2n) is 8.26. The lowest BCUT2D eigenvalue weighted by atomic mass is 10.1. The van der Waals surface area contributed by atoms with E-state index in [9.17, 15) is 19.7 Å². The minimum Gasteiger partial charge on any atom is -0.266 e. The SMILES string of the molecule is O=c1nc2s/c(=C\c3cn(-c4ccccc4)nc3-c3cccc([N+](=O)[O-])c3)c(=O)n2nc1-c1ccccc1. The van der Waals surface area contributed by atoms with E-state index < -0.39 is 16.0 Å². The van der Waals surface area contributed by atoms with Gasteiger partial charge < -0.3 is 0 Å². The van der Waals surface area contributed by atoms with Crippen molar-refractivity contribution in [3.05, 3.63) is 132 Å². The van der Waals surface area contributed by atoms with E-state index in [4.69, 9.17) is 0 Å². The maximum absolute atomic E-state index is 13.3. The summed E-state index contributed by atoms with van der Waals surface area (Å²) in [7, 11) is 0. The van der Waals surface area contributed by atoms with Crippen LogP contribution in [0.3, 0.4) is 0 Å². The third-order valence-electron chi connectivity index (χ3n) is 5.81. The second kappa shape index (κ2) is 9.30. The molecule has 0 atom stereocenters. The molecule has 0 N–H and O–H groups in total. The van der Waals surface area contributed by atoms with Crippen LogP contribution < -0.4 is 15.7 Å². The topological polar surface area (TPSA) is 125 Å². The number of benzene rings is 3. The molecule has 0 aliphatic carbocycles. The van der Waals surface area contributed by atoms with Gasteiger partial charge in [0.15, 0.2) is 5.69 Å². The third kappa shape index (κ3) is 4.16. The molecular weight excluding hydrogens is 504 g/mol. The fourth-order valence-corrected chi connectivity index (χ4v) is 4.92. The average molecular weight is 521 g/mol. The summed E-state index contributed by atoms with van der Waals surface area (Å²) in [6.07, 6.45) is 3.38. The molecule has 10 nitrogen and oxygen atoms in total. The first-order valence-corrected chi connectivity index (χ1v) is 12.2. The maximum Gasteiger partial charge on any atom is 0.300 e. The van der Waals surface area contributed by atoms with Crippen molar-refractivity contribution in [1.82, 2.24) is 24.4 Å². The zero-order chi connectivity index (χ0) is 26.2. The molecule has 0 aliphatic heterocycles. The molecule has 184 valence electrons. The summed E-state index contributed by atoms with van der Waals surface area (Å²) in [5, 5.41) is 20.4. The summed E-state index contributed by atoms with van der Waals surface area (Å²) in [4.78, 5) is 41.1. The number of rotatable bonds is 5. The van der Waals surface area contributed by atoms with Crippen LogP contribution in [0.25, 0.3) is 39.2 Å². The molecule has 38 heavy (non-hydrogen) atoms. The van der Waals surface area contributed by atoms with Gasteiger partial charge in [0, 0.05) is 35.0 Å². The number of hydrogen-bond donors (Lipinski definition) is 0. The van der Waals surface area contributed by atoms with Gasteiger partial charge in [0.2, 0.25) is 4.96 Å². The summed E-state index contributed by atoms with van der Waals surface area (Å²) in [6, 6.07) is 24.3. The van der Waals surface area contributed by atoms with Crippen molar-refractivity contribution in [3.63, 3.8) is 0 Å². The van der Waals surface area contributed by atoms with Gasteiger partial charge in [-0.15, -0.1) is 0 Å². The number of nitro groups is 1. The smallest absolute Gasteiger partial charge is 0.266 e. The van der Waals surface area contributed by atoms with Crippen LogP contribution in [-0.4, -0.2) is 29.3 Å². The Morgan fingerprint density at radius 2 is 1.55 bits per heavy atom. The molecule has 11 heteroatoms. The normalized spacial score (nSPS) is 11.7. The zero-order valence-electron chi connectivity index (χ0n) is 19.5. The van der Waals surface area contributed by atoms with Crippen LogP contribution in [0.5, 0.6) is 0 Å². The van der Waals surface area contributed by atoms with E-state index in [1.165, 1.54) is 12.1 Å². The molecule has 3 aromatic heterocycles. The molecule has 0 bridgehead atoms. The van der Waals surface area contributed by atoms with Crippen molar-refractivity contribution < 1.29 is 4.92 Å². The molecule has 0 fully saturated rings. The van der Waals surface area contributed by atoms with Crippen molar-refractivity contribution in [3.8, 4) is 28.2 Å².